The fourth-order valence-corrected chi connectivity index (χ4v) is 2.56. The zero-order valence-corrected chi connectivity index (χ0v) is 9.27. The Bertz CT molecular complexity index is 300. The van der Waals surface area contributed by atoms with Gasteiger partial charge in [0.2, 0.25) is 0 Å². The van der Waals surface area contributed by atoms with Crippen molar-refractivity contribution in [1.29, 1.82) is 0 Å². The van der Waals surface area contributed by atoms with Crippen LogP contribution < -0.4 is 5.73 Å². The molecular weight excluding hydrogens is 254 g/mol. The molecule has 0 bridgehead atoms. The van der Waals surface area contributed by atoms with Crippen molar-refractivity contribution < 1.29 is 9.90 Å². The van der Waals surface area contributed by atoms with Gasteiger partial charge in [0.05, 0.1) is 6.42 Å². The first-order valence-electron chi connectivity index (χ1n) is 3.78. The molecule has 13 heavy (non-hydrogen) atoms. The molecule has 3 N–H and O–H groups in total. The smallest absolute Gasteiger partial charge is 0.304 e. The van der Waals surface area contributed by atoms with E-state index in [1.165, 1.54) is 0 Å². The molecule has 0 spiro atoms. The van der Waals surface area contributed by atoms with E-state index in [0.29, 0.717) is 6.42 Å². The molecule has 0 saturated carbocycles. The van der Waals surface area contributed by atoms with Gasteiger partial charge in [-0.15, -0.1) is 11.3 Å². The maximum absolute atomic E-state index is 10.3. The lowest BCUT2D eigenvalue weighted by Crippen LogP contribution is -2.25. The lowest BCUT2D eigenvalue weighted by Gasteiger charge is -2.05. The van der Waals surface area contributed by atoms with Crippen molar-refractivity contribution in [2.75, 3.05) is 0 Å². The third kappa shape index (κ3) is 3.89. The van der Waals surface area contributed by atoms with Crippen LogP contribution in [0.15, 0.2) is 15.9 Å². The summed E-state index contributed by atoms with van der Waals surface area (Å²) in [6, 6.07) is 1.68. The van der Waals surface area contributed by atoms with Crippen LogP contribution in [0.3, 0.4) is 0 Å². The van der Waals surface area contributed by atoms with Gasteiger partial charge >= 0.3 is 5.97 Å². The fraction of sp³-hybridized carbons (Fsp3) is 0.375. The summed E-state index contributed by atoms with van der Waals surface area (Å²) in [7, 11) is 0. The fourth-order valence-electron chi connectivity index (χ4n) is 1.02. The predicted octanol–water partition coefficient (Wildman–Crippen LogP) is 1.86. The molecular formula is C8H10BrNO2S. The van der Waals surface area contributed by atoms with Crippen LogP contribution in [0.5, 0.6) is 0 Å². The van der Waals surface area contributed by atoms with E-state index in [1.807, 2.05) is 11.4 Å². The first-order chi connectivity index (χ1) is 6.08. The molecule has 72 valence electrons. The highest BCUT2D eigenvalue weighted by Gasteiger charge is 2.09. The second kappa shape index (κ2) is 4.74. The third-order valence-corrected chi connectivity index (χ3v) is 3.24. The van der Waals surface area contributed by atoms with E-state index in [2.05, 4.69) is 15.9 Å². The Morgan fingerprint density at radius 2 is 2.46 bits per heavy atom. The topological polar surface area (TPSA) is 63.3 Å². The van der Waals surface area contributed by atoms with E-state index in [-0.39, 0.29) is 12.5 Å². The number of halogens is 1. The van der Waals surface area contributed by atoms with Gasteiger partial charge < -0.3 is 10.8 Å². The van der Waals surface area contributed by atoms with E-state index < -0.39 is 5.97 Å². The summed E-state index contributed by atoms with van der Waals surface area (Å²) in [6.07, 6.45) is 0.651. The highest BCUT2D eigenvalue weighted by atomic mass is 79.9. The summed E-state index contributed by atoms with van der Waals surface area (Å²) in [6.45, 7) is 0. The molecule has 0 amide bonds. The number of aliphatic carboxylic acids is 1. The van der Waals surface area contributed by atoms with E-state index in [0.717, 1.165) is 9.35 Å². The minimum atomic E-state index is -0.844. The average Bonchev–Trinajstić information content (AvgIpc) is 2.33. The number of nitrogens with two attached hydrogens (primary N) is 1. The van der Waals surface area contributed by atoms with Crippen molar-refractivity contribution in [3.63, 3.8) is 0 Å². The Morgan fingerprint density at radius 1 is 1.77 bits per heavy atom. The monoisotopic (exact) mass is 263 g/mol. The summed E-state index contributed by atoms with van der Waals surface area (Å²) in [5, 5.41) is 10.4. The largest absolute Gasteiger partial charge is 0.481 e. The molecule has 1 aromatic heterocycles. The first kappa shape index (κ1) is 10.7. The standard InChI is InChI=1S/C8H10BrNO2S/c9-5-1-7(13-4-5)2-6(10)3-8(11)12/h1,4,6H,2-3,10H2,(H,11,12). The molecule has 3 nitrogen and oxygen atoms in total. The molecule has 1 heterocycles. The van der Waals surface area contributed by atoms with Gasteiger partial charge in [0.15, 0.2) is 0 Å². The van der Waals surface area contributed by atoms with Gasteiger partial charge in [-0.05, 0) is 28.4 Å². The first-order valence-corrected chi connectivity index (χ1v) is 5.45. The quantitative estimate of drug-likeness (QED) is 0.872. The van der Waals surface area contributed by atoms with Crippen LogP contribution in [-0.2, 0) is 11.2 Å². The summed E-state index contributed by atoms with van der Waals surface area (Å²) in [5.74, 6) is -0.844. The number of carbonyl (C=O) groups is 1. The highest BCUT2D eigenvalue weighted by molar-refractivity contribution is 9.10. The summed E-state index contributed by atoms with van der Waals surface area (Å²) in [5.41, 5.74) is 5.63. The van der Waals surface area contributed by atoms with Crippen LogP contribution in [-0.4, -0.2) is 17.1 Å². The van der Waals surface area contributed by atoms with Crippen molar-refractivity contribution in [1.82, 2.24) is 0 Å². The molecule has 0 aliphatic carbocycles. The maximum Gasteiger partial charge on any atom is 0.304 e. The van der Waals surface area contributed by atoms with Gasteiger partial charge in [0.1, 0.15) is 0 Å². The molecule has 0 aromatic carbocycles. The van der Waals surface area contributed by atoms with E-state index >= 15 is 0 Å². The van der Waals surface area contributed by atoms with Crippen LogP contribution in [0.4, 0.5) is 0 Å². The Morgan fingerprint density at radius 3 is 2.92 bits per heavy atom. The van der Waals surface area contributed by atoms with Crippen LogP contribution >= 0.6 is 27.3 Å². The van der Waals surface area contributed by atoms with Gasteiger partial charge in [-0.3, -0.25) is 4.79 Å². The van der Waals surface area contributed by atoms with Gasteiger partial charge in [-0.1, -0.05) is 0 Å². The lowest BCUT2D eigenvalue weighted by atomic mass is 10.1. The molecule has 5 heteroatoms. The third-order valence-electron chi connectivity index (χ3n) is 1.52. The Hall–Kier alpha value is -0.390. The average molecular weight is 264 g/mol. The van der Waals surface area contributed by atoms with Crippen LogP contribution in [0, 0.1) is 0 Å². The number of hydrogen-bond acceptors (Lipinski definition) is 3. The molecule has 1 aromatic rings. The summed E-state index contributed by atoms with van der Waals surface area (Å²) in [4.78, 5) is 11.4. The minimum absolute atomic E-state index is 0.0233. The van der Waals surface area contributed by atoms with Crippen molar-refractivity contribution in [3.8, 4) is 0 Å². The Kier molecular flexibility index (Phi) is 3.90. The minimum Gasteiger partial charge on any atom is -0.481 e. The van der Waals surface area contributed by atoms with Crippen LogP contribution in [0.1, 0.15) is 11.3 Å². The highest BCUT2D eigenvalue weighted by Crippen LogP contribution is 2.20. The van der Waals surface area contributed by atoms with E-state index in [4.69, 9.17) is 10.8 Å². The van der Waals surface area contributed by atoms with Crippen molar-refractivity contribution in [3.05, 3.63) is 20.8 Å². The van der Waals surface area contributed by atoms with Gasteiger partial charge in [0, 0.05) is 20.8 Å². The van der Waals surface area contributed by atoms with E-state index in [9.17, 15) is 4.79 Å². The van der Waals surface area contributed by atoms with Crippen molar-refractivity contribution in [2.24, 2.45) is 5.73 Å². The molecule has 0 aliphatic heterocycles. The van der Waals surface area contributed by atoms with Gasteiger partial charge in [-0.25, -0.2) is 0 Å². The molecule has 1 rings (SSSR count). The van der Waals surface area contributed by atoms with Crippen LogP contribution in [0.25, 0.3) is 0 Å². The zero-order valence-electron chi connectivity index (χ0n) is 6.87. The second-order valence-corrected chi connectivity index (χ2v) is 4.70. The molecule has 0 fully saturated rings. The Labute approximate surface area is 88.7 Å². The molecule has 0 saturated heterocycles. The van der Waals surface area contributed by atoms with Gasteiger partial charge in [0.25, 0.3) is 0 Å². The number of rotatable bonds is 4. The summed E-state index contributed by atoms with van der Waals surface area (Å²) < 4.78 is 1.02. The Balaban J connectivity index is 2.44. The maximum atomic E-state index is 10.3. The van der Waals surface area contributed by atoms with E-state index in [1.54, 1.807) is 11.3 Å². The number of carboxylic acid groups (broad SMARTS) is 1. The van der Waals surface area contributed by atoms with Gasteiger partial charge in [-0.2, -0.15) is 0 Å². The summed E-state index contributed by atoms with van der Waals surface area (Å²) >= 11 is 4.91. The predicted molar refractivity (Wildman–Crippen MR) is 56.0 cm³/mol. The number of thiophene rings is 1. The normalized spacial score (nSPS) is 12.8. The number of hydrogen-bond donors (Lipinski definition) is 2. The van der Waals surface area contributed by atoms with Crippen molar-refractivity contribution >= 4 is 33.2 Å². The number of carboxylic acids is 1. The molecule has 0 radical (unpaired) electrons. The molecule has 1 atom stereocenters. The van der Waals surface area contributed by atoms with Crippen molar-refractivity contribution in [2.45, 2.75) is 18.9 Å². The zero-order chi connectivity index (χ0) is 9.84. The second-order valence-electron chi connectivity index (χ2n) is 2.79. The SMILES string of the molecule is NC(CC(=O)O)Cc1cc(Br)cs1. The van der Waals surface area contributed by atoms with Crippen LogP contribution in [0.2, 0.25) is 0 Å². The molecule has 1 unspecified atom stereocenters. The lowest BCUT2D eigenvalue weighted by molar-refractivity contribution is -0.137. The molecule has 0 aliphatic rings.